The van der Waals surface area contributed by atoms with Crippen LogP contribution in [0.2, 0.25) is 0 Å². The number of hydrogen-bond donors (Lipinski definition) is 0. The third kappa shape index (κ3) is 3.27. The zero-order valence-electron chi connectivity index (χ0n) is 16.5. The average Bonchev–Trinajstić information content (AvgIpc) is 3.38. The number of aryl methyl sites for hydroxylation is 1. The molecule has 0 radical (unpaired) electrons. The van der Waals surface area contributed by atoms with Crippen LogP contribution >= 0.6 is 11.3 Å². The molecule has 0 bridgehead atoms. The van der Waals surface area contributed by atoms with Gasteiger partial charge in [0.25, 0.3) is 5.91 Å². The number of carbonyl (C=O) groups excluding carboxylic acids is 1. The highest BCUT2D eigenvalue weighted by atomic mass is 32.1. The lowest BCUT2D eigenvalue weighted by Crippen LogP contribution is -2.39. The van der Waals surface area contributed by atoms with E-state index in [0.29, 0.717) is 29.4 Å². The van der Waals surface area contributed by atoms with E-state index in [1.165, 1.54) is 17.4 Å². The first-order valence-electron chi connectivity index (χ1n) is 9.93. The van der Waals surface area contributed by atoms with Gasteiger partial charge < -0.3 is 4.90 Å². The van der Waals surface area contributed by atoms with Crippen molar-refractivity contribution in [1.82, 2.24) is 24.5 Å². The first-order chi connectivity index (χ1) is 14.6. The highest BCUT2D eigenvalue weighted by molar-refractivity contribution is 7.14. The summed E-state index contributed by atoms with van der Waals surface area (Å²) in [5.41, 5.74) is 2.57. The SMILES string of the molecule is Cc1nc2ccccn2c1C(=O)N1CCCC(c2nnc(-c3ccccc3F)s2)C1. The number of benzene rings is 1. The highest BCUT2D eigenvalue weighted by Gasteiger charge is 2.30. The van der Waals surface area contributed by atoms with Crippen molar-refractivity contribution in [2.75, 3.05) is 13.1 Å². The number of hydrogen-bond acceptors (Lipinski definition) is 5. The number of pyridine rings is 1. The zero-order chi connectivity index (χ0) is 20.7. The zero-order valence-corrected chi connectivity index (χ0v) is 17.3. The number of fused-ring (bicyclic) bond motifs is 1. The summed E-state index contributed by atoms with van der Waals surface area (Å²) < 4.78 is 15.9. The van der Waals surface area contributed by atoms with Gasteiger partial charge in [-0.3, -0.25) is 9.20 Å². The maximum Gasteiger partial charge on any atom is 0.272 e. The van der Waals surface area contributed by atoms with Gasteiger partial charge in [-0.1, -0.05) is 29.5 Å². The van der Waals surface area contributed by atoms with E-state index >= 15 is 0 Å². The third-order valence-corrected chi connectivity index (χ3v) is 6.63. The fourth-order valence-corrected chi connectivity index (χ4v) is 5.02. The molecule has 0 aliphatic carbocycles. The summed E-state index contributed by atoms with van der Waals surface area (Å²) in [5, 5.41) is 9.96. The molecule has 1 fully saturated rings. The number of aromatic nitrogens is 4. The Bertz CT molecular complexity index is 1230. The molecular weight excluding hydrogens is 401 g/mol. The van der Waals surface area contributed by atoms with Crippen LogP contribution in [0.1, 0.15) is 39.9 Å². The predicted molar refractivity (Wildman–Crippen MR) is 113 cm³/mol. The van der Waals surface area contributed by atoms with Gasteiger partial charge >= 0.3 is 0 Å². The van der Waals surface area contributed by atoms with Gasteiger partial charge in [0.05, 0.1) is 5.69 Å². The molecule has 8 heteroatoms. The number of carbonyl (C=O) groups is 1. The molecule has 1 saturated heterocycles. The Morgan fingerprint density at radius 3 is 2.87 bits per heavy atom. The lowest BCUT2D eigenvalue weighted by atomic mass is 9.98. The fourth-order valence-electron chi connectivity index (χ4n) is 4.03. The van der Waals surface area contributed by atoms with Gasteiger partial charge in [-0.05, 0) is 44.0 Å². The fraction of sp³-hybridized carbons (Fsp3) is 0.273. The Hall–Kier alpha value is -3.13. The van der Waals surface area contributed by atoms with Crippen LogP contribution in [0.25, 0.3) is 16.2 Å². The van der Waals surface area contributed by atoms with Crippen molar-refractivity contribution in [3.8, 4) is 10.6 Å². The normalized spacial score (nSPS) is 16.9. The minimum Gasteiger partial charge on any atom is -0.337 e. The summed E-state index contributed by atoms with van der Waals surface area (Å²) in [6, 6.07) is 12.3. The average molecular weight is 422 g/mol. The lowest BCUT2D eigenvalue weighted by Gasteiger charge is -2.31. The summed E-state index contributed by atoms with van der Waals surface area (Å²) in [6.45, 7) is 3.14. The maximum absolute atomic E-state index is 14.1. The number of imidazole rings is 1. The number of amides is 1. The van der Waals surface area contributed by atoms with Crippen LogP contribution in [0.4, 0.5) is 4.39 Å². The molecule has 1 aliphatic heterocycles. The minimum atomic E-state index is -0.302. The Kier molecular flexibility index (Phi) is 4.78. The number of likely N-dealkylation sites (tertiary alicyclic amines) is 1. The van der Waals surface area contributed by atoms with Gasteiger partial charge in [0, 0.05) is 30.8 Å². The quantitative estimate of drug-likeness (QED) is 0.494. The number of halogens is 1. The van der Waals surface area contributed by atoms with E-state index in [4.69, 9.17) is 0 Å². The summed E-state index contributed by atoms with van der Waals surface area (Å²) >= 11 is 1.41. The van der Waals surface area contributed by atoms with Crippen LogP contribution < -0.4 is 0 Å². The van der Waals surface area contributed by atoms with E-state index < -0.39 is 0 Å². The first kappa shape index (κ1) is 18.9. The van der Waals surface area contributed by atoms with Crippen LogP contribution in [-0.2, 0) is 0 Å². The molecule has 0 saturated carbocycles. The summed E-state index contributed by atoms with van der Waals surface area (Å²) in [5.74, 6) is -0.223. The van der Waals surface area contributed by atoms with Crippen LogP contribution in [0.15, 0.2) is 48.7 Å². The predicted octanol–water partition coefficient (Wildman–Crippen LogP) is 4.32. The summed E-state index contributed by atoms with van der Waals surface area (Å²) in [6.07, 6.45) is 3.69. The van der Waals surface area contributed by atoms with E-state index in [1.54, 1.807) is 18.2 Å². The first-order valence-corrected chi connectivity index (χ1v) is 10.7. The standard InChI is InChI=1S/C22H20FN5OS/c1-14-19(28-12-5-4-10-18(28)24-14)22(29)27-11-6-7-15(13-27)20-25-26-21(30-20)16-8-2-3-9-17(16)23/h2-5,8-10,12,15H,6-7,11,13H2,1H3. The van der Waals surface area contributed by atoms with Crippen molar-refractivity contribution in [3.63, 3.8) is 0 Å². The smallest absolute Gasteiger partial charge is 0.272 e. The largest absolute Gasteiger partial charge is 0.337 e. The van der Waals surface area contributed by atoms with Crippen molar-refractivity contribution in [1.29, 1.82) is 0 Å². The van der Waals surface area contributed by atoms with E-state index in [9.17, 15) is 9.18 Å². The van der Waals surface area contributed by atoms with E-state index in [2.05, 4.69) is 15.2 Å². The van der Waals surface area contributed by atoms with Gasteiger partial charge in [-0.2, -0.15) is 0 Å². The lowest BCUT2D eigenvalue weighted by molar-refractivity contribution is 0.0699. The van der Waals surface area contributed by atoms with E-state index in [-0.39, 0.29) is 17.6 Å². The van der Waals surface area contributed by atoms with Crippen molar-refractivity contribution in [3.05, 3.63) is 70.9 Å². The molecule has 1 unspecified atom stereocenters. The third-order valence-electron chi connectivity index (χ3n) is 5.51. The monoisotopic (exact) mass is 421 g/mol. The van der Waals surface area contributed by atoms with Crippen molar-refractivity contribution >= 4 is 22.9 Å². The van der Waals surface area contributed by atoms with Crippen molar-refractivity contribution in [2.24, 2.45) is 0 Å². The minimum absolute atomic E-state index is 0.0188. The van der Waals surface area contributed by atoms with Gasteiger partial charge in [-0.25, -0.2) is 9.37 Å². The van der Waals surface area contributed by atoms with E-state index in [1.807, 2.05) is 40.6 Å². The molecule has 5 rings (SSSR count). The number of piperidine rings is 1. The summed E-state index contributed by atoms with van der Waals surface area (Å²) in [7, 11) is 0. The second kappa shape index (κ2) is 7.60. The van der Waals surface area contributed by atoms with Crippen molar-refractivity contribution in [2.45, 2.75) is 25.7 Å². The molecule has 6 nitrogen and oxygen atoms in total. The number of nitrogens with zero attached hydrogens (tertiary/aromatic N) is 5. The molecule has 30 heavy (non-hydrogen) atoms. The Morgan fingerprint density at radius 1 is 1.17 bits per heavy atom. The van der Waals surface area contributed by atoms with Crippen LogP contribution in [0.3, 0.4) is 0 Å². The molecule has 3 aromatic heterocycles. The molecule has 1 aromatic carbocycles. The molecule has 0 N–H and O–H groups in total. The second-order valence-electron chi connectivity index (χ2n) is 7.49. The highest BCUT2D eigenvalue weighted by Crippen LogP contribution is 2.34. The molecule has 1 amide bonds. The summed E-state index contributed by atoms with van der Waals surface area (Å²) in [4.78, 5) is 19.7. The van der Waals surface area contributed by atoms with Gasteiger partial charge in [0.15, 0.2) is 5.01 Å². The molecule has 4 heterocycles. The Balaban J connectivity index is 1.39. The topological polar surface area (TPSA) is 63.4 Å². The molecule has 1 atom stereocenters. The van der Waals surface area contributed by atoms with E-state index in [0.717, 1.165) is 29.2 Å². The molecule has 1 aliphatic rings. The molecule has 4 aromatic rings. The van der Waals surface area contributed by atoms with Gasteiger partial charge in [0.2, 0.25) is 0 Å². The van der Waals surface area contributed by atoms with Gasteiger partial charge in [-0.15, -0.1) is 10.2 Å². The van der Waals surface area contributed by atoms with Crippen LogP contribution in [0.5, 0.6) is 0 Å². The molecular formula is C22H20FN5OS. The maximum atomic E-state index is 14.1. The Morgan fingerprint density at radius 2 is 2.00 bits per heavy atom. The van der Waals surface area contributed by atoms with Gasteiger partial charge in [0.1, 0.15) is 22.2 Å². The Labute approximate surface area is 177 Å². The number of rotatable bonds is 3. The van der Waals surface area contributed by atoms with Crippen molar-refractivity contribution < 1.29 is 9.18 Å². The van der Waals surface area contributed by atoms with Crippen LogP contribution in [0, 0.1) is 12.7 Å². The van der Waals surface area contributed by atoms with Crippen LogP contribution in [-0.4, -0.2) is 43.5 Å². The molecule has 152 valence electrons. The molecule has 0 spiro atoms. The second-order valence-corrected chi connectivity index (χ2v) is 8.50.